The molecule has 0 fully saturated rings. The minimum atomic E-state index is -1.13. The molecule has 138 valence electrons. The van der Waals surface area contributed by atoms with Crippen LogP contribution < -0.4 is 15.2 Å². The number of nitrogens with two attached hydrogens (primary N) is 1. The Morgan fingerprint density at radius 2 is 1.46 bits per heavy atom. The summed E-state index contributed by atoms with van der Waals surface area (Å²) in [6, 6.07) is 12.0. The smallest absolute Gasteiger partial charge is 0.341 e. The van der Waals surface area contributed by atoms with Crippen LogP contribution in [0.5, 0.6) is 11.5 Å². The number of hydrogen-bond acceptors (Lipinski definition) is 7. The van der Waals surface area contributed by atoms with Crippen molar-refractivity contribution in [3.8, 4) is 11.5 Å². The third-order valence-corrected chi connectivity index (χ3v) is 2.61. The van der Waals surface area contributed by atoms with Gasteiger partial charge in [0.05, 0.1) is 11.0 Å². The Hall–Kier alpha value is -3.82. The van der Waals surface area contributed by atoms with Gasteiger partial charge in [-0.3, -0.25) is 10.1 Å². The van der Waals surface area contributed by atoms with Gasteiger partial charge in [-0.25, -0.2) is 9.59 Å². The van der Waals surface area contributed by atoms with E-state index in [1.807, 2.05) is 0 Å². The number of hydrogen-bond donors (Lipinski definition) is 3. The monoisotopic (exact) mass is 364 g/mol. The normalized spacial score (nSPS) is 9.38. The summed E-state index contributed by atoms with van der Waals surface area (Å²) in [6.45, 7) is -0.857. The van der Waals surface area contributed by atoms with Crippen molar-refractivity contribution in [2.45, 2.75) is 0 Å². The molecule has 0 amide bonds. The van der Waals surface area contributed by atoms with Gasteiger partial charge in [0.15, 0.2) is 13.2 Å². The summed E-state index contributed by atoms with van der Waals surface area (Å²) in [7, 11) is 0. The lowest BCUT2D eigenvalue weighted by Crippen LogP contribution is -2.09. The minimum absolute atomic E-state index is 0.132. The highest BCUT2D eigenvalue weighted by molar-refractivity contribution is 5.68. The van der Waals surface area contributed by atoms with Gasteiger partial charge in [0.1, 0.15) is 11.5 Å². The van der Waals surface area contributed by atoms with Crippen LogP contribution in [0.2, 0.25) is 0 Å². The number of anilines is 1. The lowest BCUT2D eigenvalue weighted by atomic mass is 10.3. The molecule has 0 saturated carbocycles. The Bertz CT molecular complexity index is 778. The first-order chi connectivity index (χ1) is 12.3. The molecular formula is C16H16N2O8. The molecule has 0 spiro atoms. The van der Waals surface area contributed by atoms with Gasteiger partial charge < -0.3 is 25.4 Å². The molecule has 0 aromatic heterocycles. The van der Waals surface area contributed by atoms with Crippen LogP contribution in [0.1, 0.15) is 0 Å². The minimum Gasteiger partial charge on any atom is -0.482 e. The van der Waals surface area contributed by atoms with Crippen molar-refractivity contribution in [3.63, 3.8) is 0 Å². The summed E-state index contributed by atoms with van der Waals surface area (Å²) in [6.07, 6.45) is 0. The topological polar surface area (TPSA) is 162 Å². The number of rotatable bonds is 7. The van der Waals surface area contributed by atoms with Gasteiger partial charge in [0, 0.05) is 17.8 Å². The molecule has 10 heteroatoms. The van der Waals surface area contributed by atoms with Crippen LogP contribution in [-0.4, -0.2) is 40.3 Å². The first-order valence-corrected chi connectivity index (χ1v) is 7.07. The van der Waals surface area contributed by atoms with Gasteiger partial charge in [0.25, 0.3) is 5.69 Å². The molecule has 2 rings (SSSR count). The molecule has 0 aliphatic heterocycles. The average Bonchev–Trinajstić information content (AvgIpc) is 2.59. The lowest BCUT2D eigenvalue weighted by Gasteiger charge is -2.02. The zero-order valence-electron chi connectivity index (χ0n) is 13.4. The maximum Gasteiger partial charge on any atom is 0.341 e. The van der Waals surface area contributed by atoms with Crippen molar-refractivity contribution in [2.75, 3.05) is 18.9 Å². The predicted molar refractivity (Wildman–Crippen MR) is 90.2 cm³/mol. The fourth-order valence-electron chi connectivity index (χ4n) is 1.58. The number of carboxylic acid groups (broad SMARTS) is 2. The van der Waals surface area contributed by atoms with E-state index in [4.69, 9.17) is 25.4 Å². The van der Waals surface area contributed by atoms with Crippen LogP contribution in [0.15, 0.2) is 48.5 Å². The molecule has 0 atom stereocenters. The number of nitrogen functional groups attached to an aromatic ring is 1. The van der Waals surface area contributed by atoms with E-state index in [2.05, 4.69) is 0 Å². The summed E-state index contributed by atoms with van der Waals surface area (Å²) >= 11 is 0. The quantitative estimate of drug-likeness (QED) is 0.377. The van der Waals surface area contributed by atoms with Crippen LogP contribution in [0.4, 0.5) is 11.4 Å². The summed E-state index contributed by atoms with van der Waals surface area (Å²) in [5.74, 6) is -1.49. The first kappa shape index (κ1) is 20.2. The molecule has 0 aliphatic rings. The number of non-ortho nitro benzene ring substituents is 1. The highest BCUT2D eigenvalue weighted by Gasteiger charge is 2.07. The summed E-state index contributed by atoms with van der Waals surface area (Å²) in [5, 5.41) is 26.9. The van der Waals surface area contributed by atoms with Crippen LogP contribution in [-0.2, 0) is 9.59 Å². The molecule has 0 aliphatic carbocycles. The molecule has 0 radical (unpaired) electrons. The second kappa shape index (κ2) is 10.1. The van der Waals surface area contributed by atoms with Crippen molar-refractivity contribution >= 4 is 23.3 Å². The van der Waals surface area contributed by atoms with Crippen molar-refractivity contribution in [1.82, 2.24) is 0 Å². The number of nitrogens with zero attached hydrogens (tertiary/aromatic N) is 1. The Kier molecular flexibility index (Phi) is 7.88. The molecule has 2 aromatic carbocycles. The third-order valence-electron chi connectivity index (χ3n) is 2.61. The third kappa shape index (κ3) is 8.15. The van der Waals surface area contributed by atoms with Gasteiger partial charge in [-0.15, -0.1) is 0 Å². The number of carbonyl (C=O) groups is 2. The van der Waals surface area contributed by atoms with E-state index in [1.165, 1.54) is 24.3 Å². The molecule has 4 N–H and O–H groups in total. The van der Waals surface area contributed by atoms with Crippen molar-refractivity contribution in [1.29, 1.82) is 0 Å². The lowest BCUT2D eigenvalue weighted by molar-refractivity contribution is -0.384. The van der Waals surface area contributed by atoms with Crippen LogP contribution in [0.3, 0.4) is 0 Å². The van der Waals surface area contributed by atoms with E-state index in [1.54, 1.807) is 24.3 Å². The average molecular weight is 364 g/mol. The number of nitro benzene ring substituents is 1. The molecule has 0 heterocycles. The van der Waals surface area contributed by atoms with Crippen molar-refractivity contribution < 1.29 is 34.2 Å². The summed E-state index contributed by atoms with van der Waals surface area (Å²) in [4.78, 5) is 30.0. The summed E-state index contributed by atoms with van der Waals surface area (Å²) in [5.41, 5.74) is 5.86. The van der Waals surface area contributed by atoms with Gasteiger partial charge in [-0.05, 0) is 18.2 Å². The standard InChI is InChI=1S/C8H7NO5.C8H9NO3/c10-8(11)5-14-7-3-1-2-6(4-7)9(12)13;9-6-2-1-3-7(4-6)12-5-8(10)11/h1-4H,5H2,(H,10,11);1-4H,5,9H2,(H,10,11). The van der Waals surface area contributed by atoms with Crippen molar-refractivity contribution in [2.24, 2.45) is 0 Å². The first-order valence-electron chi connectivity index (χ1n) is 7.07. The molecule has 10 nitrogen and oxygen atoms in total. The van der Waals surface area contributed by atoms with Gasteiger partial charge in [-0.1, -0.05) is 12.1 Å². The number of carboxylic acids is 2. The van der Waals surface area contributed by atoms with Gasteiger partial charge in [-0.2, -0.15) is 0 Å². The van der Waals surface area contributed by atoms with Crippen molar-refractivity contribution in [3.05, 3.63) is 58.6 Å². The van der Waals surface area contributed by atoms with Gasteiger partial charge in [0.2, 0.25) is 0 Å². The fraction of sp³-hybridized carbons (Fsp3) is 0.125. The highest BCUT2D eigenvalue weighted by Crippen LogP contribution is 2.18. The zero-order valence-corrected chi connectivity index (χ0v) is 13.4. The SMILES string of the molecule is Nc1cccc(OCC(=O)O)c1.O=C(O)COc1cccc([N+](=O)[O-])c1. The van der Waals surface area contributed by atoms with E-state index in [0.717, 1.165) is 0 Å². The zero-order chi connectivity index (χ0) is 19.5. The molecular weight excluding hydrogens is 348 g/mol. The van der Waals surface area contributed by atoms with E-state index in [9.17, 15) is 19.7 Å². The van der Waals surface area contributed by atoms with Gasteiger partial charge >= 0.3 is 11.9 Å². The Morgan fingerprint density at radius 1 is 0.962 bits per heavy atom. The molecule has 0 unspecified atom stereocenters. The highest BCUT2D eigenvalue weighted by atomic mass is 16.6. The Morgan fingerprint density at radius 3 is 1.92 bits per heavy atom. The van der Waals surface area contributed by atoms with E-state index in [0.29, 0.717) is 11.4 Å². The number of nitro groups is 1. The second-order valence-electron chi connectivity index (χ2n) is 4.69. The molecule has 0 saturated heterocycles. The van der Waals surface area contributed by atoms with Crippen LogP contribution >= 0.6 is 0 Å². The second-order valence-corrected chi connectivity index (χ2v) is 4.69. The van der Waals surface area contributed by atoms with E-state index >= 15 is 0 Å². The van der Waals surface area contributed by atoms with E-state index in [-0.39, 0.29) is 18.0 Å². The summed E-state index contributed by atoms with van der Waals surface area (Å²) < 4.78 is 9.62. The maximum absolute atomic E-state index is 10.3. The maximum atomic E-state index is 10.3. The molecule has 26 heavy (non-hydrogen) atoms. The number of ether oxygens (including phenoxy) is 2. The Labute approximate surface area is 147 Å². The molecule has 2 aromatic rings. The fourth-order valence-corrected chi connectivity index (χ4v) is 1.58. The Balaban J connectivity index is 0.000000263. The van der Waals surface area contributed by atoms with Crippen LogP contribution in [0.25, 0.3) is 0 Å². The van der Waals surface area contributed by atoms with Crippen LogP contribution in [0, 0.1) is 10.1 Å². The largest absolute Gasteiger partial charge is 0.482 e. The van der Waals surface area contributed by atoms with E-state index < -0.39 is 23.5 Å². The predicted octanol–water partition coefficient (Wildman–Crippen LogP) is 1.79. The number of aliphatic carboxylic acids is 2. The number of benzene rings is 2. The molecule has 0 bridgehead atoms.